The molecule has 1 aromatic rings. The zero-order valence-electron chi connectivity index (χ0n) is 7.97. The van der Waals surface area contributed by atoms with Crippen molar-refractivity contribution >= 4 is 17.7 Å². The van der Waals surface area contributed by atoms with Gasteiger partial charge in [-0.25, -0.2) is 4.39 Å². The summed E-state index contributed by atoms with van der Waals surface area (Å²) in [7, 11) is 1.45. The van der Waals surface area contributed by atoms with Gasteiger partial charge in [-0.05, 0) is 24.1 Å². The summed E-state index contributed by atoms with van der Waals surface area (Å²) in [6.45, 7) is 0. The van der Waals surface area contributed by atoms with Crippen LogP contribution in [0.4, 0.5) is 4.39 Å². The van der Waals surface area contributed by atoms with Gasteiger partial charge in [0.25, 0.3) is 0 Å². The molecule has 0 fully saturated rings. The van der Waals surface area contributed by atoms with Crippen molar-refractivity contribution in [3.8, 4) is 5.75 Å². The zero-order valence-corrected chi connectivity index (χ0v) is 8.72. The number of hydrogen-bond donors (Lipinski definition) is 0. The van der Waals surface area contributed by atoms with Crippen molar-refractivity contribution < 1.29 is 9.13 Å². The lowest BCUT2D eigenvalue weighted by molar-refractivity contribution is 0.386. The van der Waals surface area contributed by atoms with Gasteiger partial charge < -0.3 is 4.74 Å². The van der Waals surface area contributed by atoms with Crippen LogP contribution in [0.3, 0.4) is 0 Å². The van der Waals surface area contributed by atoms with Crippen molar-refractivity contribution in [1.29, 1.82) is 0 Å². The van der Waals surface area contributed by atoms with Crippen LogP contribution in [-0.2, 0) is 0 Å². The Morgan fingerprint density at radius 2 is 2.29 bits per heavy atom. The number of alkyl halides is 1. The molecule has 0 spiro atoms. The van der Waals surface area contributed by atoms with E-state index in [-0.39, 0.29) is 11.6 Å². The van der Waals surface area contributed by atoms with Gasteiger partial charge in [-0.1, -0.05) is 18.2 Å². The molecule has 1 nitrogen and oxygen atoms in total. The van der Waals surface area contributed by atoms with E-state index in [2.05, 4.69) is 0 Å². The minimum Gasteiger partial charge on any atom is -0.494 e. The minimum absolute atomic E-state index is 0.262. The molecule has 0 saturated carbocycles. The maximum absolute atomic E-state index is 13.0. The lowest BCUT2D eigenvalue weighted by atomic mass is 10.2. The summed E-state index contributed by atoms with van der Waals surface area (Å²) in [5.41, 5.74) is 0.911. The van der Waals surface area contributed by atoms with Crippen LogP contribution in [0.2, 0.25) is 0 Å². The third-order valence-corrected chi connectivity index (χ3v) is 1.98. The molecule has 0 atom stereocenters. The number of methoxy groups -OCH3 is 1. The first kappa shape index (κ1) is 11.1. The standard InChI is InChI=1S/C11H12ClFO/c1-14-11-8-9(4-2-3-7-12)5-6-10(11)13/h2,4-6,8H,3,7H2,1H3. The van der Waals surface area contributed by atoms with Gasteiger partial charge in [0, 0.05) is 5.88 Å². The number of rotatable bonds is 4. The molecule has 0 heterocycles. The Hall–Kier alpha value is -1.02. The smallest absolute Gasteiger partial charge is 0.165 e. The Bertz CT molecular complexity index is 323. The molecule has 0 bridgehead atoms. The molecule has 0 N–H and O–H groups in total. The molecule has 0 aliphatic heterocycles. The quantitative estimate of drug-likeness (QED) is 0.698. The molecule has 0 unspecified atom stereocenters. The fourth-order valence-electron chi connectivity index (χ4n) is 1.06. The number of halogens is 2. The Labute approximate surface area is 88.1 Å². The van der Waals surface area contributed by atoms with Crippen molar-refractivity contribution in [1.82, 2.24) is 0 Å². The largest absolute Gasteiger partial charge is 0.494 e. The molecule has 0 aliphatic carbocycles. The highest BCUT2D eigenvalue weighted by molar-refractivity contribution is 6.17. The fourth-order valence-corrected chi connectivity index (χ4v) is 1.19. The summed E-state index contributed by atoms with van der Waals surface area (Å²) >= 11 is 5.52. The van der Waals surface area contributed by atoms with E-state index in [0.29, 0.717) is 5.88 Å². The lowest BCUT2D eigenvalue weighted by Gasteiger charge is -2.02. The van der Waals surface area contributed by atoms with E-state index in [1.807, 2.05) is 12.2 Å². The molecule has 76 valence electrons. The number of hydrogen-bond acceptors (Lipinski definition) is 1. The van der Waals surface area contributed by atoms with E-state index >= 15 is 0 Å². The van der Waals surface area contributed by atoms with Gasteiger partial charge in [-0.3, -0.25) is 0 Å². The van der Waals surface area contributed by atoms with Gasteiger partial charge in [0.1, 0.15) is 0 Å². The zero-order chi connectivity index (χ0) is 10.4. The molecule has 3 heteroatoms. The first-order valence-electron chi connectivity index (χ1n) is 4.34. The molecule has 0 amide bonds. The topological polar surface area (TPSA) is 9.23 Å². The van der Waals surface area contributed by atoms with E-state index in [1.165, 1.54) is 13.2 Å². The molecular weight excluding hydrogens is 203 g/mol. The normalized spacial score (nSPS) is 10.8. The summed E-state index contributed by atoms with van der Waals surface area (Å²) in [6.07, 6.45) is 4.64. The predicted molar refractivity (Wildman–Crippen MR) is 57.3 cm³/mol. The van der Waals surface area contributed by atoms with E-state index in [1.54, 1.807) is 12.1 Å². The average Bonchev–Trinajstić information content (AvgIpc) is 2.21. The maximum Gasteiger partial charge on any atom is 0.165 e. The van der Waals surface area contributed by atoms with Crippen molar-refractivity contribution in [3.63, 3.8) is 0 Å². The monoisotopic (exact) mass is 214 g/mol. The fraction of sp³-hybridized carbons (Fsp3) is 0.273. The van der Waals surface area contributed by atoms with Crippen LogP contribution in [-0.4, -0.2) is 13.0 Å². The summed E-state index contributed by atoms with van der Waals surface area (Å²) < 4.78 is 17.8. The predicted octanol–water partition coefficient (Wildman–Crippen LogP) is 3.48. The minimum atomic E-state index is -0.345. The van der Waals surface area contributed by atoms with E-state index in [9.17, 15) is 4.39 Å². The molecule has 0 aliphatic rings. The molecule has 1 rings (SSSR count). The first-order valence-corrected chi connectivity index (χ1v) is 4.87. The Morgan fingerprint density at radius 3 is 2.93 bits per heavy atom. The van der Waals surface area contributed by atoms with Crippen LogP contribution in [0.25, 0.3) is 6.08 Å². The van der Waals surface area contributed by atoms with Crippen molar-refractivity contribution in [2.75, 3.05) is 13.0 Å². The lowest BCUT2D eigenvalue weighted by Crippen LogP contribution is -1.87. The van der Waals surface area contributed by atoms with Gasteiger partial charge >= 0.3 is 0 Å². The van der Waals surface area contributed by atoms with Crippen LogP contribution in [0.15, 0.2) is 24.3 Å². The van der Waals surface area contributed by atoms with Crippen LogP contribution < -0.4 is 4.74 Å². The molecular formula is C11H12ClFO. The summed E-state index contributed by atoms with van der Waals surface area (Å²) in [6, 6.07) is 4.74. The van der Waals surface area contributed by atoms with Gasteiger partial charge in [0.15, 0.2) is 11.6 Å². The number of ether oxygens (including phenoxy) is 1. The number of allylic oxidation sites excluding steroid dienone is 1. The van der Waals surface area contributed by atoms with Gasteiger partial charge in [0.05, 0.1) is 7.11 Å². The highest BCUT2D eigenvalue weighted by Crippen LogP contribution is 2.18. The summed E-state index contributed by atoms with van der Waals surface area (Å²) in [4.78, 5) is 0. The van der Waals surface area contributed by atoms with Gasteiger partial charge in [-0.15, -0.1) is 11.6 Å². The third kappa shape index (κ3) is 3.04. The van der Waals surface area contributed by atoms with Gasteiger partial charge in [0.2, 0.25) is 0 Å². The van der Waals surface area contributed by atoms with E-state index in [4.69, 9.17) is 16.3 Å². The Kier molecular flexibility index (Phi) is 4.47. The van der Waals surface area contributed by atoms with E-state index < -0.39 is 0 Å². The molecule has 0 saturated heterocycles. The Morgan fingerprint density at radius 1 is 1.50 bits per heavy atom. The van der Waals surface area contributed by atoms with Gasteiger partial charge in [-0.2, -0.15) is 0 Å². The van der Waals surface area contributed by atoms with Crippen LogP contribution in [0.5, 0.6) is 5.75 Å². The molecule has 14 heavy (non-hydrogen) atoms. The highest BCUT2D eigenvalue weighted by atomic mass is 35.5. The second kappa shape index (κ2) is 5.66. The summed E-state index contributed by atoms with van der Waals surface area (Å²) in [5, 5.41) is 0. The summed E-state index contributed by atoms with van der Waals surface area (Å²) in [5.74, 6) is 0.509. The number of benzene rings is 1. The average molecular weight is 215 g/mol. The third-order valence-electron chi connectivity index (χ3n) is 1.76. The first-order chi connectivity index (χ1) is 6.77. The van der Waals surface area contributed by atoms with Crippen LogP contribution >= 0.6 is 11.6 Å². The second-order valence-electron chi connectivity index (χ2n) is 2.77. The highest BCUT2D eigenvalue weighted by Gasteiger charge is 2.00. The van der Waals surface area contributed by atoms with Crippen molar-refractivity contribution in [2.45, 2.75) is 6.42 Å². The van der Waals surface area contributed by atoms with Crippen molar-refractivity contribution in [3.05, 3.63) is 35.7 Å². The Balaban J connectivity index is 2.79. The second-order valence-corrected chi connectivity index (χ2v) is 3.15. The van der Waals surface area contributed by atoms with Crippen molar-refractivity contribution in [2.24, 2.45) is 0 Å². The SMILES string of the molecule is COc1cc(C=CCCCl)ccc1F. The van der Waals surface area contributed by atoms with Crippen LogP contribution in [0, 0.1) is 5.82 Å². The van der Waals surface area contributed by atoms with E-state index in [0.717, 1.165) is 12.0 Å². The maximum atomic E-state index is 13.0. The van der Waals surface area contributed by atoms with Crippen LogP contribution in [0.1, 0.15) is 12.0 Å². The molecule has 1 aromatic carbocycles. The molecule has 0 aromatic heterocycles. The molecule has 0 radical (unpaired) electrons.